The van der Waals surface area contributed by atoms with E-state index < -0.39 is 0 Å². The van der Waals surface area contributed by atoms with Crippen molar-refractivity contribution < 1.29 is 19.1 Å². The molecule has 0 aliphatic rings. The SMILES string of the molecule is Cc1ccc(CCC(=O)NCCOCCOCCC(=O)C(C)C)cc1. The summed E-state index contributed by atoms with van der Waals surface area (Å²) in [5, 5.41) is 2.84. The molecule has 140 valence electrons. The fourth-order valence-electron chi connectivity index (χ4n) is 2.15. The molecular formula is C20H31NO4. The first-order valence-corrected chi connectivity index (χ1v) is 8.99. The van der Waals surface area contributed by atoms with Gasteiger partial charge in [0.1, 0.15) is 5.78 Å². The minimum atomic E-state index is 0.0348. The van der Waals surface area contributed by atoms with Crippen LogP contribution in [0.3, 0.4) is 0 Å². The van der Waals surface area contributed by atoms with Gasteiger partial charge in [0.05, 0.1) is 26.4 Å². The Kier molecular flexibility index (Phi) is 10.8. The molecule has 25 heavy (non-hydrogen) atoms. The van der Waals surface area contributed by atoms with Gasteiger partial charge in [0.15, 0.2) is 0 Å². The highest BCUT2D eigenvalue weighted by Gasteiger charge is 2.06. The van der Waals surface area contributed by atoms with Gasteiger partial charge in [-0.15, -0.1) is 0 Å². The average Bonchev–Trinajstić information content (AvgIpc) is 2.59. The molecule has 5 nitrogen and oxygen atoms in total. The number of amides is 1. The van der Waals surface area contributed by atoms with Crippen LogP contribution in [0.5, 0.6) is 0 Å². The Labute approximate surface area is 151 Å². The molecule has 0 aliphatic heterocycles. The van der Waals surface area contributed by atoms with Crippen molar-refractivity contribution in [2.24, 2.45) is 5.92 Å². The largest absolute Gasteiger partial charge is 0.379 e. The van der Waals surface area contributed by atoms with Gasteiger partial charge < -0.3 is 14.8 Å². The van der Waals surface area contributed by atoms with Gasteiger partial charge in [-0.2, -0.15) is 0 Å². The Hall–Kier alpha value is -1.72. The van der Waals surface area contributed by atoms with Gasteiger partial charge in [0.2, 0.25) is 5.91 Å². The minimum Gasteiger partial charge on any atom is -0.379 e. The highest BCUT2D eigenvalue weighted by Crippen LogP contribution is 2.05. The smallest absolute Gasteiger partial charge is 0.220 e. The van der Waals surface area contributed by atoms with E-state index in [2.05, 4.69) is 29.6 Å². The van der Waals surface area contributed by atoms with Crippen molar-refractivity contribution in [3.8, 4) is 0 Å². The summed E-state index contributed by atoms with van der Waals surface area (Å²) in [6.45, 7) is 8.16. The maximum Gasteiger partial charge on any atom is 0.220 e. The number of ether oxygens (including phenoxy) is 2. The van der Waals surface area contributed by atoms with Gasteiger partial charge in [-0.1, -0.05) is 43.7 Å². The molecule has 0 saturated heterocycles. The quantitative estimate of drug-likeness (QED) is 0.556. The van der Waals surface area contributed by atoms with Crippen LogP contribution in [-0.4, -0.2) is 44.7 Å². The van der Waals surface area contributed by atoms with Gasteiger partial charge in [-0.05, 0) is 18.9 Å². The van der Waals surface area contributed by atoms with Crippen LogP contribution in [0.4, 0.5) is 0 Å². The lowest BCUT2D eigenvalue weighted by molar-refractivity contribution is -0.123. The number of carbonyl (C=O) groups is 2. The van der Waals surface area contributed by atoms with E-state index in [9.17, 15) is 9.59 Å². The molecule has 0 heterocycles. The lowest BCUT2D eigenvalue weighted by Crippen LogP contribution is -2.27. The number of nitrogens with one attached hydrogen (secondary N) is 1. The van der Waals surface area contributed by atoms with Crippen molar-refractivity contribution in [1.29, 1.82) is 0 Å². The van der Waals surface area contributed by atoms with Crippen LogP contribution in [0.15, 0.2) is 24.3 Å². The highest BCUT2D eigenvalue weighted by molar-refractivity contribution is 5.80. The Morgan fingerprint density at radius 2 is 1.60 bits per heavy atom. The second-order valence-corrected chi connectivity index (χ2v) is 6.43. The molecule has 0 saturated carbocycles. The molecule has 0 radical (unpaired) electrons. The van der Waals surface area contributed by atoms with Crippen molar-refractivity contribution in [3.05, 3.63) is 35.4 Å². The third-order valence-electron chi connectivity index (χ3n) is 3.84. The molecule has 0 aromatic heterocycles. The first-order chi connectivity index (χ1) is 12.0. The molecule has 1 rings (SSSR count). The van der Waals surface area contributed by atoms with Crippen molar-refractivity contribution >= 4 is 11.7 Å². The third-order valence-corrected chi connectivity index (χ3v) is 3.84. The second-order valence-electron chi connectivity index (χ2n) is 6.43. The molecule has 1 aromatic carbocycles. The van der Waals surface area contributed by atoms with Crippen LogP contribution in [0.1, 0.15) is 37.8 Å². The summed E-state index contributed by atoms with van der Waals surface area (Å²) >= 11 is 0. The van der Waals surface area contributed by atoms with E-state index >= 15 is 0 Å². The number of hydrogen-bond donors (Lipinski definition) is 1. The standard InChI is InChI=1S/C20H31NO4/c1-16(2)19(22)10-12-24-14-15-25-13-11-21-20(23)9-8-18-6-4-17(3)5-7-18/h4-7,16H,8-15H2,1-3H3,(H,21,23). The third kappa shape index (κ3) is 10.7. The number of hydrogen-bond acceptors (Lipinski definition) is 4. The van der Waals surface area contributed by atoms with Gasteiger partial charge in [-0.3, -0.25) is 9.59 Å². The maximum atomic E-state index is 11.8. The number of rotatable bonds is 13. The fourth-order valence-corrected chi connectivity index (χ4v) is 2.15. The highest BCUT2D eigenvalue weighted by atomic mass is 16.5. The molecule has 0 aliphatic carbocycles. The molecule has 5 heteroatoms. The first-order valence-electron chi connectivity index (χ1n) is 8.99. The number of benzene rings is 1. The topological polar surface area (TPSA) is 64.6 Å². The van der Waals surface area contributed by atoms with Gasteiger partial charge in [0.25, 0.3) is 0 Å². The van der Waals surface area contributed by atoms with E-state index in [-0.39, 0.29) is 17.6 Å². The predicted molar refractivity (Wildman–Crippen MR) is 98.6 cm³/mol. The Morgan fingerprint density at radius 1 is 0.960 bits per heavy atom. The van der Waals surface area contributed by atoms with Gasteiger partial charge >= 0.3 is 0 Å². The second kappa shape index (κ2) is 12.6. The zero-order chi connectivity index (χ0) is 18.5. The van der Waals surface area contributed by atoms with E-state index in [1.165, 1.54) is 11.1 Å². The zero-order valence-electron chi connectivity index (χ0n) is 15.7. The summed E-state index contributed by atoms with van der Waals surface area (Å²) in [7, 11) is 0. The van der Waals surface area contributed by atoms with Crippen molar-refractivity contribution in [1.82, 2.24) is 5.32 Å². The summed E-state index contributed by atoms with van der Waals surface area (Å²) in [6, 6.07) is 8.23. The molecule has 1 N–H and O–H groups in total. The van der Waals surface area contributed by atoms with Crippen LogP contribution >= 0.6 is 0 Å². The van der Waals surface area contributed by atoms with Crippen LogP contribution in [0, 0.1) is 12.8 Å². The average molecular weight is 349 g/mol. The molecule has 0 bridgehead atoms. The van der Waals surface area contributed by atoms with E-state index in [1.807, 2.05) is 20.8 Å². The van der Waals surface area contributed by atoms with E-state index in [0.717, 1.165) is 6.42 Å². The molecule has 1 aromatic rings. The van der Waals surface area contributed by atoms with E-state index in [4.69, 9.17) is 9.47 Å². The fraction of sp³-hybridized carbons (Fsp3) is 0.600. The lowest BCUT2D eigenvalue weighted by Gasteiger charge is -2.08. The van der Waals surface area contributed by atoms with E-state index in [0.29, 0.717) is 45.8 Å². The van der Waals surface area contributed by atoms with Crippen LogP contribution < -0.4 is 5.32 Å². The Bertz CT molecular complexity index is 511. The molecule has 0 atom stereocenters. The Morgan fingerprint density at radius 3 is 2.24 bits per heavy atom. The summed E-state index contributed by atoms with van der Waals surface area (Å²) in [4.78, 5) is 23.1. The molecule has 1 amide bonds. The van der Waals surface area contributed by atoms with Gasteiger partial charge in [0, 0.05) is 25.3 Å². The van der Waals surface area contributed by atoms with Crippen LogP contribution in [0.25, 0.3) is 0 Å². The number of carbonyl (C=O) groups excluding carboxylic acids is 2. The minimum absolute atomic E-state index is 0.0348. The maximum absolute atomic E-state index is 11.8. The zero-order valence-corrected chi connectivity index (χ0v) is 15.7. The Balaban J connectivity index is 1.93. The van der Waals surface area contributed by atoms with Crippen LogP contribution in [0.2, 0.25) is 0 Å². The lowest BCUT2D eigenvalue weighted by atomic mass is 10.1. The van der Waals surface area contributed by atoms with Gasteiger partial charge in [-0.25, -0.2) is 0 Å². The summed E-state index contributed by atoms with van der Waals surface area (Å²) in [6.07, 6.45) is 1.68. The molecular weight excluding hydrogens is 318 g/mol. The number of Topliss-reactive ketones (excluding diaryl/α,β-unsaturated/α-hetero) is 1. The molecule has 0 unspecified atom stereocenters. The number of aryl methyl sites for hydroxylation is 2. The van der Waals surface area contributed by atoms with E-state index in [1.54, 1.807) is 0 Å². The predicted octanol–water partition coefficient (Wildman–Crippen LogP) is 2.69. The monoisotopic (exact) mass is 349 g/mol. The summed E-state index contributed by atoms with van der Waals surface area (Å²) in [5.74, 6) is 0.316. The first kappa shape index (κ1) is 21.3. The van der Waals surface area contributed by atoms with Crippen molar-refractivity contribution in [2.75, 3.05) is 33.0 Å². The normalized spacial score (nSPS) is 10.9. The molecule has 0 spiro atoms. The summed E-state index contributed by atoms with van der Waals surface area (Å²) < 4.78 is 10.7. The summed E-state index contributed by atoms with van der Waals surface area (Å²) in [5.41, 5.74) is 2.39. The van der Waals surface area contributed by atoms with Crippen molar-refractivity contribution in [3.63, 3.8) is 0 Å². The van der Waals surface area contributed by atoms with Crippen molar-refractivity contribution in [2.45, 2.75) is 40.0 Å². The molecule has 0 fully saturated rings. The van der Waals surface area contributed by atoms with Crippen LogP contribution in [-0.2, 0) is 25.5 Å². The number of ketones is 1.